The van der Waals surface area contributed by atoms with E-state index in [1.54, 1.807) is 11.8 Å². The average Bonchev–Trinajstić information content (AvgIpc) is 2.14. The highest BCUT2D eigenvalue weighted by Crippen LogP contribution is 2.01. The van der Waals surface area contributed by atoms with Gasteiger partial charge in [0.2, 0.25) is 5.91 Å². The third-order valence-electron chi connectivity index (χ3n) is 1.96. The molecule has 0 aliphatic heterocycles. The van der Waals surface area contributed by atoms with Crippen molar-refractivity contribution in [2.45, 2.75) is 38.6 Å². The third-order valence-corrected chi connectivity index (χ3v) is 2.60. The van der Waals surface area contributed by atoms with Crippen molar-refractivity contribution in [1.29, 1.82) is 0 Å². The molecular formula is C10H19NO3S. The molecule has 0 radical (unpaired) electrons. The second-order valence-electron chi connectivity index (χ2n) is 3.50. The average molecular weight is 233 g/mol. The number of carboxylic acids is 1. The van der Waals surface area contributed by atoms with Gasteiger partial charge in [-0.25, -0.2) is 0 Å². The van der Waals surface area contributed by atoms with Crippen LogP contribution in [0, 0.1) is 0 Å². The molecule has 0 bridgehead atoms. The highest BCUT2D eigenvalue weighted by atomic mass is 32.2. The molecule has 4 nitrogen and oxygen atoms in total. The van der Waals surface area contributed by atoms with E-state index in [4.69, 9.17) is 5.11 Å². The number of carbonyl (C=O) groups excluding carboxylic acids is 1. The van der Waals surface area contributed by atoms with Crippen LogP contribution in [0.5, 0.6) is 0 Å². The van der Waals surface area contributed by atoms with Crippen LogP contribution in [0.3, 0.4) is 0 Å². The van der Waals surface area contributed by atoms with Crippen LogP contribution < -0.4 is 5.32 Å². The number of carboxylic acid groups (broad SMARTS) is 1. The highest BCUT2D eigenvalue weighted by molar-refractivity contribution is 7.98. The summed E-state index contributed by atoms with van der Waals surface area (Å²) in [5.74, 6) is 0.124. The van der Waals surface area contributed by atoms with Crippen LogP contribution in [-0.2, 0) is 9.59 Å². The third kappa shape index (κ3) is 9.59. The number of hydrogen-bond donors (Lipinski definition) is 2. The standard InChI is InChI=1S/C10H19NO3S/c1-8(6-7-15-2)11-9(12)4-3-5-10(13)14/h8H,3-7H2,1-2H3,(H,11,12)(H,13,14). The molecule has 1 unspecified atom stereocenters. The number of thioether (sulfide) groups is 1. The minimum absolute atomic E-state index is 0.0511. The first-order valence-corrected chi connectivity index (χ1v) is 6.45. The molecule has 0 heterocycles. The molecule has 1 amide bonds. The van der Waals surface area contributed by atoms with Gasteiger partial charge >= 0.3 is 5.97 Å². The van der Waals surface area contributed by atoms with E-state index in [-0.39, 0.29) is 18.4 Å². The smallest absolute Gasteiger partial charge is 0.303 e. The van der Waals surface area contributed by atoms with Gasteiger partial charge in [0, 0.05) is 18.9 Å². The normalized spacial score (nSPS) is 12.1. The summed E-state index contributed by atoms with van der Waals surface area (Å²) in [6.45, 7) is 1.96. The van der Waals surface area contributed by atoms with Crippen LogP contribution in [0.15, 0.2) is 0 Å². The molecule has 0 aliphatic carbocycles. The van der Waals surface area contributed by atoms with Gasteiger partial charge in [-0.05, 0) is 31.8 Å². The van der Waals surface area contributed by atoms with E-state index in [1.807, 2.05) is 13.2 Å². The van der Waals surface area contributed by atoms with Gasteiger partial charge in [0.15, 0.2) is 0 Å². The molecule has 88 valence electrons. The summed E-state index contributed by atoms with van der Waals surface area (Å²) in [4.78, 5) is 21.5. The predicted octanol–water partition coefficient (Wildman–Crippen LogP) is 1.50. The van der Waals surface area contributed by atoms with Crippen LogP contribution in [0.4, 0.5) is 0 Å². The zero-order chi connectivity index (χ0) is 11.7. The molecule has 0 fully saturated rings. The molecule has 0 aromatic rings. The molecule has 1 atom stereocenters. The van der Waals surface area contributed by atoms with Crippen molar-refractivity contribution in [3.8, 4) is 0 Å². The van der Waals surface area contributed by atoms with Crippen LogP contribution >= 0.6 is 11.8 Å². The Bertz CT molecular complexity index is 209. The molecule has 15 heavy (non-hydrogen) atoms. The number of amides is 1. The molecule has 0 aromatic carbocycles. The molecule has 2 N–H and O–H groups in total. The zero-order valence-electron chi connectivity index (χ0n) is 9.28. The van der Waals surface area contributed by atoms with Crippen LogP contribution in [0.2, 0.25) is 0 Å². The SMILES string of the molecule is CSCCC(C)NC(=O)CCCC(=O)O. The zero-order valence-corrected chi connectivity index (χ0v) is 10.1. The minimum atomic E-state index is -0.849. The maximum atomic E-state index is 11.3. The van der Waals surface area contributed by atoms with Crippen molar-refractivity contribution in [3.05, 3.63) is 0 Å². The number of rotatable bonds is 8. The summed E-state index contributed by atoms with van der Waals surface area (Å²) >= 11 is 1.75. The largest absolute Gasteiger partial charge is 0.481 e. The summed E-state index contributed by atoms with van der Waals surface area (Å²) in [6, 6.07) is 0.176. The molecule has 0 spiro atoms. The Morgan fingerprint density at radius 3 is 2.60 bits per heavy atom. The predicted molar refractivity (Wildman–Crippen MR) is 62.1 cm³/mol. The van der Waals surface area contributed by atoms with E-state index in [0.29, 0.717) is 12.8 Å². The minimum Gasteiger partial charge on any atom is -0.481 e. The summed E-state index contributed by atoms with van der Waals surface area (Å²) < 4.78 is 0. The van der Waals surface area contributed by atoms with Gasteiger partial charge < -0.3 is 10.4 Å². The Balaban J connectivity index is 3.50. The number of carbonyl (C=O) groups is 2. The summed E-state index contributed by atoms with van der Waals surface area (Å²) in [5.41, 5.74) is 0. The fourth-order valence-electron chi connectivity index (χ4n) is 1.11. The van der Waals surface area contributed by atoms with Crippen molar-refractivity contribution >= 4 is 23.6 Å². The summed E-state index contributed by atoms with van der Waals surface area (Å²) in [5, 5.41) is 11.2. The Kier molecular flexibility index (Phi) is 8.18. The van der Waals surface area contributed by atoms with E-state index >= 15 is 0 Å². The topological polar surface area (TPSA) is 66.4 Å². The second kappa shape index (κ2) is 8.59. The first-order chi connectivity index (χ1) is 7.06. The van der Waals surface area contributed by atoms with Gasteiger partial charge in [-0.3, -0.25) is 9.59 Å². The van der Waals surface area contributed by atoms with E-state index < -0.39 is 5.97 Å². The molecule has 0 rings (SSSR count). The lowest BCUT2D eigenvalue weighted by Gasteiger charge is -2.12. The first-order valence-electron chi connectivity index (χ1n) is 5.06. The molecule has 0 saturated heterocycles. The first kappa shape index (κ1) is 14.3. The molecule has 0 aliphatic rings. The van der Waals surface area contributed by atoms with Crippen molar-refractivity contribution in [3.63, 3.8) is 0 Å². The van der Waals surface area contributed by atoms with Crippen molar-refractivity contribution in [1.82, 2.24) is 5.32 Å². The lowest BCUT2D eigenvalue weighted by molar-refractivity contribution is -0.137. The number of nitrogens with one attached hydrogen (secondary N) is 1. The maximum Gasteiger partial charge on any atom is 0.303 e. The summed E-state index contributed by atoms with van der Waals surface area (Å²) in [7, 11) is 0. The van der Waals surface area contributed by atoms with E-state index in [9.17, 15) is 9.59 Å². The van der Waals surface area contributed by atoms with Crippen molar-refractivity contribution in [2.24, 2.45) is 0 Å². The Morgan fingerprint density at radius 2 is 2.07 bits per heavy atom. The van der Waals surface area contributed by atoms with Crippen LogP contribution in [-0.4, -0.2) is 35.0 Å². The highest BCUT2D eigenvalue weighted by Gasteiger charge is 2.07. The molecule has 0 aromatic heterocycles. The van der Waals surface area contributed by atoms with Gasteiger partial charge in [-0.2, -0.15) is 11.8 Å². The molecule has 5 heteroatoms. The van der Waals surface area contributed by atoms with Gasteiger partial charge in [0.25, 0.3) is 0 Å². The maximum absolute atomic E-state index is 11.3. The molecule has 0 saturated carbocycles. The van der Waals surface area contributed by atoms with Crippen molar-refractivity contribution < 1.29 is 14.7 Å². The van der Waals surface area contributed by atoms with Gasteiger partial charge in [0.1, 0.15) is 0 Å². The lowest BCUT2D eigenvalue weighted by atomic mass is 10.2. The quantitative estimate of drug-likeness (QED) is 0.666. The fourth-order valence-corrected chi connectivity index (χ4v) is 1.70. The van der Waals surface area contributed by atoms with E-state index in [1.165, 1.54) is 0 Å². The van der Waals surface area contributed by atoms with Crippen LogP contribution in [0.25, 0.3) is 0 Å². The van der Waals surface area contributed by atoms with E-state index in [0.717, 1.165) is 12.2 Å². The lowest BCUT2D eigenvalue weighted by Crippen LogP contribution is -2.32. The number of hydrogen-bond acceptors (Lipinski definition) is 3. The number of aliphatic carboxylic acids is 1. The van der Waals surface area contributed by atoms with Gasteiger partial charge in [0.05, 0.1) is 0 Å². The van der Waals surface area contributed by atoms with Gasteiger partial charge in [-0.15, -0.1) is 0 Å². The van der Waals surface area contributed by atoms with E-state index in [2.05, 4.69) is 5.32 Å². The fraction of sp³-hybridized carbons (Fsp3) is 0.800. The monoisotopic (exact) mass is 233 g/mol. The summed E-state index contributed by atoms with van der Waals surface area (Å²) in [6.07, 6.45) is 3.76. The Hall–Kier alpha value is -0.710. The second-order valence-corrected chi connectivity index (χ2v) is 4.48. The van der Waals surface area contributed by atoms with Gasteiger partial charge in [-0.1, -0.05) is 0 Å². The Morgan fingerprint density at radius 1 is 1.40 bits per heavy atom. The van der Waals surface area contributed by atoms with Crippen LogP contribution in [0.1, 0.15) is 32.6 Å². The Labute approximate surface area is 94.8 Å². The molecular weight excluding hydrogens is 214 g/mol. The van der Waals surface area contributed by atoms with Crippen molar-refractivity contribution in [2.75, 3.05) is 12.0 Å².